The van der Waals surface area contributed by atoms with Crippen LogP contribution in [0.4, 0.5) is 5.95 Å². The summed E-state index contributed by atoms with van der Waals surface area (Å²) in [5.74, 6) is 0.370. The van der Waals surface area contributed by atoms with Gasteiger partial charge in [0.05, 0.1) is 0 Å². The lowest BCUT2D eigenvalue weighted by Gasteiger charge is -2.04. The second-order valence-corrected chi connectivity index (χ2v) is 4.24. The number of benzene rings is 1. The molecule has 0 bridgehead atoms. The first-order valence-electron chi connectivity index (χ1n) is 4.71. The second-order valence-electron chi connectivity index (χ2n) is 3.32. The number of halogens is 1. The van der Waals surface area contributed by atoms with Gasteiger partial charge in [-0.05, 0) is 24.3 Å². The van der Waals surface area contributed by atoms with E-state index >= 15 is 0 Å². The van der Waals surface area contributed by atoms with E-state index in [1.54, 1.807) is 29.1 Å². The molecule has 82 valence electrons. The summed E-state index contributed by atoms with van der Waals surface area (Å²) >= 11 is 3.32. The SMILES string of the molecule is Cn1ccnc1NC(=O)c1ccc(Br)cc1. The van der Waals surface area contributed by atoms with Crippen LogP contribution in [-0.4, -0.2) is 15.5 Å². The minimum absolute atomic E-state index is 0.165. The number of nitrogens with one attached hydrogen (secondary N) is 1. The van der Waals surface area contributed by atoms with Gasteiger partial charge in [-0.3, -0.25) is 10.1 Å². The minimum Gasteiger partial charge on any atom is -0.320 e. The van der Waals surface area contributed by atoms with Crippen LogP contribution in [0.5, 0.6) is 0 Å². The molecule has 1 amide bonds. The predicted molar refractivity (Wildman–Crippen MR) is 65.3 cm³/mol. The summed E-state index contributed by atoms with van der Waals surface area (Å²) in [6, 6.07) is 7.16. The molecule has 0 aliphatic rings. The second kappa shape index (κ2) is 4.49. The molecule has 0 unspecified atom stereocenters. The number of anilines is 1. The van der Waals surface area contributed by atoms with Crippen molar-refractivity contribution in [2.75, 3.05) is 5.32 Å². The van der Waals surface area contributed by atoms with E-state index in [0.29, 0.717) is 11.5 Å². The molecule has 0 spiro atoms. The fourth-order valence-corrected chi connectivity index (χ4v) is 1.53. The van der Waals surface area contributed by atoms with Crippen LogP contribution < -0.4 is 5.32 Å². The van der Waals surface area contributed by atoms with Crippen molar-refractivity contribution in [1.82, 2.24) is 9.55 Å². The smallest absolute Gasteiger partial charge is 0.257 e. The number of rotatable bonds is 2. The normalized spacial score (nSPS) is 10.1. The third kappa shape index (κ3) is 2.30. The Balaban J connectivity index is 2.15. The van der Waals surface area contributed by atoms with Crippen molar-refractivity contribution in [3.8, 4) is 0 Å². The highest BCUT2D eigenvalue weighted by molar-refractivity contribution is 9.10. The summed E-state index contributed by atoms with van der Waals surface area (Å²) in [6.07, 6.45) is 3.41. The molecule has 0 aliphatic carbocycles. The van der Waals surface area contributed by atoms with Gasteiger partial charge in [0, 0.05) is 29.5 Å². The van der Waals surface area contributed by atoms with Crippen LogP contribution in [0.2, 0.25) is 0 Å². The fourth-order valence-electron chi connectivity index (χ4n) is 1.26. The molecule has 2 rings (SSSR count). The van der Waals surface area contributed by atoms with E-state index in [1.807, 2.05) is 19.2 Å². The summed E-state index contributed by atoms with van der Waals surface area (Å²) in [5, 5.41) is 2.72. The van der Waals surface area contributed by atoms with Crippen molar-refractivity contribution in [2.24, 2.45) is 7.05 Å². The number of hydrogen-bond donors (Lipinski definition) is 1. The quantitative estimate of drug-likeness (QED) is 0.918. The zero-order valence-electron chi connectivity index (χ0n) is 8.64. The molecule has 0 atom stereocenters. The first-order valence-corrected chi connectivity index (χ1v) is 5.50. The first kappa shape index (κ1) is 10.9. The van der Waals surface area contributed by atoms with Crippen LogP contribution in [0, 0.1) is 0 Å². The van der Waals surface area contributed by atoms with Crippen molar-refractivity contribution >= 4 is 27.8 Å². The molecule has 0 radical (unpaired) electrons. The number of aromatic nitrogens is 2. The molecule has 4 nitrogen and oxygen atoms in total. The number of aryl methyl sites for hydroxylation is 1. The number of hydrogen-bond acceptors (Lipinski definition) is 2. The van der Waals surface area contributed by atoms with E-state index in [9.17, 15) is 4.79 Å². The molecular formula is C11H10BrN3O. The summed E-state index contributed by atoms with van der Waals surface area (Å²) < 4.78 is 2.69. The number of amides is 1. The number of carbonyl (C=O) groups is 1. The zero-order chi connectivity index (χ0) is 11.5. The Kier molecular flexibility index (Phi) is 3.05. The van der Waals surface area contributed by atoms with Gasteiger partial charge in [-0.2, -0.15) is 0 Å². The van der Waals surface area contributed by atoms with Crippen LogP contribution in [0.3, 0.4) is 0 Å². The third-order valence-corrected chi connectivity index (χ3v) is 2.68. The van der Waals surface area contributed by atoms with Crippen molar-refractivity contribution in [3.05, 3.63) is 46.7 Å². The Labute approximate surface area is 101 Å². The zero-order valence-corrected chi connectivity index (χ0v) is 10.2. The molecule has 1 N–H and O–H groups in total. The maximum atomic E-state index is 11.8. The molecule has 1 heterocycles. The third-order valence-electron chi connectivity index (χ3n) is 2.15. The maximum absolute atomic E-state index is 11.8. The van der Waals surface area contributed by atoms with Crippen LogP contribution in [-0.2, 0) is 7.05 Å². The van der Waals surface area contributed by atoms with E-state index in [-0.39, 0.29) is 5.91 Å². The lowest BCUT2D eigenvalue weighted by molar-refractivity contribution is 0.102. The van der Waals surface area contributed by atoms with Gasteiger partial charge >= 0.3 is 0 Å². The molecule has 0 fully saturated rings. The van der Waals surface area contributed by atoms with E-state index < -0.39 is 0 Å². The topological polar surface area (TPSA) is 46.9 Å². The number of carbonyl (C=O) groups excluding carboxylic acids is 1. The Bertz CT molecular complexity index is 504. The molecule has 2 aromatic rings. The highest BCUT2D eigenvalue weighted by Gasteiger charge is 2.07. The molecule has 0 saturated carbocycles. The summed E-state index contributed by atoms with van der Waals surface area (Å²) in [5.41, 5.74) is 0.603. The molecule has 16 heavy (non-hydrogen) atoms. The van der Waals surface area contributed by atoms with Crippen LogP contribution in [0.25, 0.3) is 0 Å². The van der Waals surface area contributed by atoms with E-state index in [2.05, 4.69) is 26.2 Å². The highest BCUT2D eigenvalue weighted by atomic mass is 79.9. The Morgan fingerprint density at radius 1 is 1.38 bits per heavy atom. The molecule has 1 aromatic heterocycles. The summed E-state index contributed by atoms with van der Waals surface area (Å²) in [7, 11) is 1.82. The Hall–Kier alpha value is -1.62. The van der Waals surface area contributed by atoms with Crippen molar-refractivity contribution < 1.29 is 4.79 Å². The molecule has 1 aromatic carbocycles. The van der Waals surface area contributed by atoms with Gasteiger partial charge < -0.3 is 4.57 Å². The largest absolute Gasteiger partial charge is 0.320 e. The van der Waals surface area contributed by atoms with Crippen molar-refractivity contribution in [2.45, 2.75) is 0 Å². The van der Waals surface area contributed by atoms with Crippen molar-refractivity contribution in [3.63, 3.8) is 0 Å². The highest BCUT2D eigenvalue weighted by Crippen LogP contribution is 2.11. The molecule has 5 heteroatoms. The average Bonchev–Trinajstić information content (AvgIpc) is 2.65. The van der Waals surface area contributed by atoms with Crippen LogP contribution >= 0.6 is 15.9 Å². The van der Waals surface area contributed by atoms with Crippen LogP contribution in [0.15, 0.2) is 41.1 Å². The van der Waals surface area contributed by atoms with Gasteiger partial charge in [-0.25, -0.2) is 4.98 Å². The molecule has 0 saturated heterocycles. The van der Waals surface area contributed by atoms with Gasteiger partial charge in [-0.1, -0.05) is 15.9 Å². The minimum atomic E-state index is -0.165. The maximum Gasteiger partial charge on any atom is 0.257 e. The lowest BCUT2D eigenvalue weighted by atomic mass is 10.2. The van der Waals surface area contributed by atoms with Gasteiger partial charge in [0.15, 0.2) is 0 Å². The standard InChI is InChI=1S/C11H10BrN3O/c1-15-7-6-13-11(15)14-10(16)8-2-4-9(12)5-3-8/h2-7H,1H3,(H,13,14,16). The molecular weight excluding hydrogens is 270 g/mol. The summed E-state index contributed by atoms with van der Waals surface area (Å²) in [6.45, 7) is 0. The van der Waals surface area contributed by atoms with E-state index in [1.165, 1.54) is 0 Å². The predicted octanol–water partition coefficient (Wildman–Crippen LogP) is 2.43. The van der Waals surface area contributed by atoms with E-state index in [0.717, 1.165) is 4.47 Å². The van der Waals surface area contributed by atoms with Gasteiger partial charge in [0.2, 0.25) is 5.95 Å². The monoisotopic (exact) mass is 279 g/mol. The lowest BCUT2D eigenvalue weighted by Crippen LogP contribution is -2.14. The number of nitrogens with zero attached hydrogens (tertiary/aromatic N) is 2. The van der Waals surface area contributed by atoms with Crippen LogP contribution in [0.1, 0.15) is 10.4 Å². The first-order chi connectivity index (χ1) is 7.66. The van der Waals surface area contributed by atoms with Gasteiger partial charge in [-0.15, -0.1) is 0 Å². The Morgan fingerprint density at radius 2 is 2.06 bits per heavy atom. The number of imidazole rings is 1. The fraction of sp³-hybridized carbons (Fsp3) is 0.0909. The Morgan fingerprint density at radius 3 is 2.62 bits per heavy atom. The van der Waals surface area contributed by atoms with Crippen molar-refractivity contribution in [1.29, 1.82) is 0 Å². The van der Waals surface area contributed by atoms with Gasteiger partial charge in [0.1, 0.15) is 0 Å². The molecule has 0 aliphatic heterocycles. The summed E-state index contributed by atoms with van der Waals surface area (Å²) in [4.78, 5) is 15.8. The van der Waals surface area contributed by atoms with E-state index in [4.69, 9.17) is 0 Å². The van der Waals surface area contributed by atoms with Gasteiger partial charge in [0.25, 0.3) is 5.91 Å². The average molecular weight is 280 g/mol.